The van der Waals surface area contributed by atoms with Gasteiger partial charge in [-0.25, -0.2) is 0 Å². The number of anilines is 2. The fourth-order valence-electron chi connectivity index (χ4n) is 2.03. The SMILES string of the molecule is CCc1nn(C)c(C(=O)Nc2ccc(C(N)=O)cc2)c1N. The van der Waals surface area contributed by atoms with E-state index < -0.39 is 5.91 Å². The molecule has 0 unspecified atom stereocenters. The molecular weight excluding hydrogens is 270 g/mol. The molecule has 7 heteroatoms. The van der Waals surface area contributed by atoms with E-state index in [0.717, 1.165) is 0 Å². The average molecular weight is 287 g/mol. The average Bonchev–Trinajstić information content (AvgIpc) is 2.73. The molecule has 0 spiro atoms. The molecule has 2 amide bonds. The van der Waals surface area contributed by atoms with Crippen molar-refractivity contribution in [2.75, 3.05) is 11.1 Å². The van der Waals surface area contributed by atoms with Gasteiger partial charge in [-0.1, -0.05) is 6.92 Å². The summed E-state index contributed by atoms with van der Waals surface area (Å²) in [6.45, 7) is 1.92. The molecule has 2 rings (SSSR count). The predicted octanol–water partition coefficient (Wildman–Crippen LogP) is 0.916. The minimum atomic E-state index is -0.517. The number of nitrogens with one attached hydrogen (secondary N) is 1. The largest absolute Gasteiger partial charge is 0.395 e. The molecule has 0 aliphatic heterocycles. The van der Waals surface area contributed by atoms with Gasteiger partial charge >= 0.3 is 0 Å². The van der Waals surface area contributed by atoms with E-state index in [9.17, 15) is 9.59 Å². The molecule has 1 aromatic heterocycles. The van der Waals surface area contributed by atoms with Crippen molar-refractivity contribution in [3.63, 3.8) is 0 Å². The molecule has 2 aromatic rings. The van der Waals surface area contributed by atoms with Crippen LogP contribution in [0.15, 0.2) is 24.3 Å². The van der Waals surface area contributed by atoms with E-state index >= 15 is 0 Å². The van der Waals surface area contributed by atoms with Crippen molar-refractivity contribution in [1.29, 1.82) is 0 Å². The number of aromatic nitrogens is 2. The molecule has 0 saturated heterocycles. The van der Waals surface area contributed by atoms with Crippen molar-refractivity contribution >= 4 is 23.2 Å². The third-order valence-corrected chi connectivity index (χ3v) is 3.14. The fourth-order valence-corrected chi connectivity index (χ4v) is 2.03. The van der Waals surface area contributed by atoms with E-state index in [1.54, 1.807) is 31.3 Å². The molecule has 5 N–H and O–H groups in total. The zero-order chi connectivity index (χ0) is 15.6. The predicted molar refractivity (Wildman–Crippen MR) is 79.9 cm³/mol. The highest BCUT2D eigenvalue weighted by molar-refractivity contribution is 6.07. The Bertz CT molecular complexity index is 688. The van der Waals surface area contributed by atoms with Gasteiger partial charge in [-0.05, 0) is 30.7 Å². The summed E-state index contributed by atoms with van der Waals surface area (Å²) in [6.07, 6.45) is 0.653. The van der Waals surface area contributed by atoms with Crippen LogP contribution in [0.2, 0.25) is 0 Å². The summed E-state index contributed by atoms with van der Waals surface area (Å²) in [5.74, 6) is -0.870. The fraction of sp³-hybridized carbons (Fsp3) is 0.214. The van der Waals surface area contributed by atoms with Crippen molar-refractivity contribution in [1.82, 2.24) is 9.78 Å². The van der Waals surface area contributed by atoms with Crippen LogP contribution >= 0.6 is 0 Å². The Morgan fingerprint density at radius 2 is 1.90 bits per heavy atom. The first-order valence-corrected chi connectivity index (χ1v) is 6.46. The van der Waals surface area contributed by atoms with Crippen LogP contribution in [0.1, 0.15) is 33.5 Å². The number of amides is 2. The van der Waals surface area contributed by atoms with Crippen molar-refractivity contribution in [2.24, 2.45) is 12.8 Å². The Kier molecular flexibility index (Phi) is 3.93. The maximum absolute atomic E-state index is 12.3. The number of benzene rings is 1. The monoisotopic (exact) mass is 287 g/mol. The highest BCUT2D eigenvalue weighted by Gasteiger charge is 2.19. The Labute approximate surface area is 121 Å². The molecule has 1 aromatic carbocycles. The van der Waals surface area contributed by atoms with Crippen LogP contribution in [0.25, 0.3) is 0 Å². The summed E-state index contributed by atoms with van der Waals surface area (Å²) >= 11 is 0. The third kappa shape index (κ3) is 2.86. The van der Waals surface area contributed by atoms with Crippen molar-refractivity contribution in [3.05, 3.63) is 41.2 Å². The molecule has 0 aliphatic rings. The number of nitrogen functional groups attached to an aromatic ring is 1. The highest BCUT2D eigenvalue weighted by Crippen LogP contribution is 2.19. The summed E-state index contributed by atoms with van der Waals surface area (Å²) in [6, 6.07) is 6.29. The second kappa shape index (κ2) is 5.66. The van der Waals surface area contributed by atoms with Crippen molar-refractivity contribution in [2.45, 2.75) is 13.3 Å². The highest BCUT2D eigenvalue weighted by atomic mass is 16.2. The molecule has 0 aliphatic carbocycles. The van der Waals surface area contributed by atoms with Crippen LogP contribution in [0, 0.1) is 0 Å². The zero-order valence-corrected chi connectivity index (χ0v) is 11.9. The summed E-state index contributed by atoms with van der Waals surface area (Å²) < 4.78 is 1.46. The van der Waals surface area contributed by atoms with Gasteiger partial charge in [-0.15, -0.1) is 0 Å². The van der Waals surface area contributed by atoms with E-state index in [1.807, 2.05) is 6.92 Å². The van der Waals surface area contributed by atoms with Gasteiger partial charge in [0.1, 0.15) is 5.69 Å². The van der Waals surface area contributed by atoms with E-state index in [-0.39, 0.29) is 5.91 Å². The minimum absolute atomic E-state index is 0.311. The Balaban J connectivity index is 2.22. The van der Waals surface area contributed by atoms with Gasteiger partial charge in [0.2, 0.25) is 5.91 Å². The van der Waals surface area contributed by atoms with Crippen LogP contribution in [-0.2, 0) is 13.5 Å². The van der Waals surface area contributed by atoms with Crippen LogP contribution in [0.4, 0.5) is 11.4 Å². The molecule has 0 atom stereocenters. The minimum Gasteiger partial charge on any atom is -0.395 e. The summed E-state index contributed by atoms with van der Waals surface area (Å²) in [5.41, 5.74) is 13.4. The number of carbonyl (C=O) groups is 2. The topological polar surface area (TPSA) is 116 Å². The smallest absolute Gasteiger partial charge is 0.276 e. The lowest BCUT2D eigenvalue weighted by Gasteiger charge is -2.06. The standard InChI is InChI=1S/C14H17N5O2/c1-3-10-11(15)12(19(2)18-10)14(21)17-9-6-4-8(5-7-9)13(16)20/h4-7H,3,15H2,1-2H3,(H2,16,20)(H,17,21). The van der Waals surface area contributed by atoms with E-state index in [0.29, 0.717) is 34.7 Å². The van der Waals surface area contributed by atoms with Gasteiger partial charge in [-0.3, -0.25) is 14.3 Å². The summed E-state index contributed by atoms with van der Waals surface area (Å²) in [7, 11) is 1.67. The van der Waals surface area contributed by atoms with Crippen LogP contribution in [0.5, 0.6) is 0 Å². The number of carbonyl (C=O) groups excluding carboxylic acids is 2. The number of hydrogen-bond acceptors (Lipinski definition) is 4. The van der Waals surface area contributed by atoms with Crippen LogP contribution < -0.4 is 16.8 Å². The molecule has 110 valence electrons. The number of nitrogens with zero attached hydrogens (tertiary/aromatic N) is 2. The molecule has 0 fully saturated rings. The molecular formula is C14H17N5O2. The molecule has 21 heavy (non-hydrogen) atoms. The number of hydrogen-bond donors (Lipinski definition) is 3. The zero-order valence-electron chi connectivity index (χ0n) is 11.9. The first-order chi connectivity index (χ1) is 9.93. The quantitative estimate of drug-likeness (QED) is 0.775. The molecule has 1 heterocycles. The number of nitrogens with two attached hydrogens (primary N) is 2. The van der Waals surface area contributed by atoms with Crippen LogP contribution in [-0.4, -0.2) is 21.6 Å². The lowest BCUT2D eigenvalue weighted by atomic mass is 10.2. The normalized spacial score (nSPS) is 10.4. The maximum atomic E-state index is 12.3. The number of primary amides is 1. The second-order valence-electron chi connectivity index (χ2n) is 4.58. The molecule has 0 saturated carbocycles. The van der Waals surface area contributed by atoms with Gasteiger partial charge in [0.05, 0.1) is 11.4 Å². The molecule has 7 nitrogen and oxygen atoms in total. The first-order valence-electron chi connectivity index (χ1n) is 6.46. The first kappa shape index (κ1) is 14.6. The third-order valence-electron chi connectivity index (χ3n) is 3.14. The van der Waals surface area contributed by atoms with Gasteiger partial charge < -0.3 is 16.8 Å². The van der Waals surface area contributed by atoms with Gasteiger partial charge in [0, 0.05) is 18.3 Å². The molecule has 0 radical (unpaired) electrons. The maximum Gasteiger partial charge on any atom is 0.276 e. The van der Waals surface area contributed by atoms with Crippen molar-refractivity contribution < 1.29 is 9.59 Å². The van der Waals surface area contributed by atoms with E-state index in [1.165, 1.54) is 4.68 Å². The lowest BCUT2D eigenvalue weighted by molar-refractivity contribution is 0.0997. The van der Waals surface area contributed by atoms with Crippen molar-refractivity contribution in [3.8, 4) is 0 Å². The van der Waals surface area contributed by atoms with E-state index in [2.05, 4.69) is 10.4 Å². The number of rotatable bonds is 4. The van der Waals surface area contributed by atoms with Gasteiger partial charge in [0.15, 0.2) is 0 Å². The lowest BCUT2D eigenvalue weighted by Crippen LogP contribution is -2.18. The Morgan fingerprint density at radius 3 is 2.38 bits per heavy atom. The Hall–Kier alpha value is -2.83. The molecule has 0 bridgehead atoms. The van der Waals surface area contributed by atoms with Gasteiger partial charge in [-0.2, -0.15) is 5.10 Å². The van der Waals surface area contributed by atoms with E-state index in [4.69, 9.17) is 11.5 Å². The second-order valence-corrected chi connectivity index (χ2v) is 4.58. The van der Waals surface area contributed by atoms with Crippen LogP contribution in [0.3, 0.4) is 0 Å². The van der Waals surface area contributed by atoms with Gasteiger partial charge in [0.25, 0.3) is 5.91 Å². The number of aryl methyl sites for hydroxylation is 2. The Morgan fingerprint density at radius 1 is 1.29 bits per heavy atom. The summed E-state index contributed by atoms with van der Waals surface area (Å²) in [5, 5.41) is 6.91. The summed E-state index contributed by atoms with van der Waals surface area (Å²) in [4.78, 5) is 23.2.